The molecule has 1 aliphatic rings. The summed E-state index contributed by atoms with van der Waals surface area (Å²) in [7, 11) is 3.89. The molecular formula is C22H27FN6O. The van der Waals surface area contributed by atoms with Crippen molar-refractivity contribution in [2.75, 3.05) is 17.7 Å². The molecule has 0 aliphatic heterocycles. The van der Waals surface area contributed by atoms with Crippen molar-refractivity contribution in [3.8, 4) is 0 Å². The number of aryl methyl sites for hydroxylation is 1. The average molecular weight is 410 g/mol. The SMILES string of the molecule is CNC1CCCCC1Nc1nc(Nc2ccc3c(ccn3C)c2)c(C(N)=O)cc1F. The van der Waals surface area contributed by atoms with Crippen LogP contribution in [-0.2, 0) is 7.05 Å². The third-order valence-electron chi connectivity index (χ3n) is 5.85. The van der Waals surface area contributed by atoms with Crippen molar-refractivity contribution in [2.24, 2.45) is 12.8 Å². The number of halogens is 1. The molecule has 2 atom stereocenters. The molecule has 1 fully saturated rings. The second kappa shape index (κ2) is 8.31. The van der Waals surface area contributed by atoms with Crippen LogP contribution in [0.4, 0.5) is 21.7 Å². The lowest BCUT2D eigenvalue weighted by Gasteiger charge is -2.32. The fraction of sp³-hybridized carbons (Fsp3) is 0.364. The number of aromatic nitrogens is 2. The number of hydrogen-bond acceptors (Lipinski definition) is 5. The fourth-order valence-corrected chi connectivity index (χ4v) is 4.19. The van der Waals surface area contributed by atoms with Gasteiger partial charge in [-0.25, -0.2) is 9.37 Å². The first-order chi connectivity index (χ1) is 14.5. The van der Waals surface area contributed by atoms with Crippen molar-refractivity contribution in [3.05, 3.63) is 47.9 Å². The van der Waals surface area contributed by atoms with E-state index in [4.69, 9.17) is 5.73 Å². The third kappa shape index (κ3) is 3.95. The molecule has 2 unspecified atom stereocenters. The van der Waals surface area contributed by atoms with Gasteiger partial charge in [-0.3, -0.25) is 4.79 Å². The standard InChI is InChI=1S/C22H27FN6O/c1-25-17-5-3-4-6-18(17)27-22-16(23)12-15(20(24)30)21(28-22)26-14-7-8-19-13(11-14)9-10-29(19)2/h7-12,17-18,25H,3-6H2,1-2H3,(H2,24,30)(H2,26,27,28). The fourth-order valence-electron chi connectivity index (χ4n) is 4.19. The zero-order valence-corrected chi connectivity index (χ0v) is 17.2. The Morgan fingerprint density at radius 3 is 2.67 bits per heavy atom. The molecule has 30 heavy (non-hydrogen) atoms. The van der Waals surface area contributed by atoms with E-state index in [1.54, 1.807) is 0 Å². The Labute approximate surface area is 174 Å². The predicted octanol–water partition coefficient (Wildman–Crippen LogP) is 3.50. The highest BCUT2D eigenvalue weighted by Gasteiger charge is 2.26. The maximum atomic E-state index is 14.7. The van der Waals surface area contributed by atoms with Gasteiger partial charge in [-0.05, 0) is 50.2 Å². The summed E-state index contributed by atoms with van der Waals surface area (Å²) in [5.41, 5.74) is 7.33. The molecule has 0 spiro atoms. The summed E-state index contributed by atoms with van der Waals surface area (Å²) in [6, 6.07) is 9.29. The highest BCUT2D eigenvalue weighted by atomic mass is 19.1. The summed E-state index contributed by atoms with van der Waals surface area (Å²) in [5, 5.41) is 10.7. The minimum absolute atomic E-state index is 0.0139. The highest BCUT2D eigenvalue weighted by molar-refractivity contribution is 5.99. The lowest BCUT2D eigenvalue weighted by atomic mass is 9.90. The molecule has 2 heterocycles. The summed E-state index contributed by atoms with van der Waals surface area (Å²) >= 11 is 0. The molecule has 0 radical (unpaired) electrons. The van der Waals surface area contributed by atoms with Crippen LogP contribution in [0.3, 0.4) is 0 Å². The summed E-state index contributed by atoms with van der Waals surface area (Å²) < 4.78 is 16.8. The Hall–Kier alpha value is -3.13. The van der Waals surface area contributed by atoms with E-state index in [2.05, 4.69) is 20.9 Å². The van der Waals surface area contributed by atoms with Crippen molar-refractivity contribution >= 4 is 34.1 Å². The van der Waals surface area contributed by atoms with Crippen molar-refractivity contribution in [1.82, 2.24) is 14.9 Å². The number of nitrogens with two attached hydrogens (primary N) is 1. The Kier molecular flexibility index (Phi) is 5.59. The van der Waals surface area contributed by atoms with Gasteiger partial charge < -0.3 is 26.3 Å². The van der Waals surface area contributed by atoms with Crippen LogP contribution in [0.1, 0.15) is 36.0 Å². The van der Waals surface area contributed by atoms with E-state index in [0.29, 0.717) is 0 Å². The van der Waals surface area contributed by atoms with Gasteiger partial charge in [0.15, 0.2) is 11.6 Å². The molecule has 1 amide bonds. The Balaban J connectivity index is 1.66. The first kappa shape index (κ1) is 20.2. The lowest BCUT2D eigenvalue weighted by molar-refractivity contribution is 0.100. The number of carbonyl (C=O) groups is 1. The normalized spacial score (nSPS) is 19.0. The van der Waals surface area contributed by atoms with Crippen LogP contribution in [0.5, 0.6) is 0 Å². The van der Waals surface area contributed by atoms with Gasteiger partial charge in [0.1, 0.15) is 5.82 Å². The minimum atomic E-state index is -0.734. The summed E-state index contributed by atoms with van der Waals surface area (Å²) in [6.07, 6.45) is 6.16. The summed E-state index contributed by atoms with van der Waals surface area (Å²) in [4.78, 5) is 16.3. The molecule has 3 aromatic rings. The molecule has 158 valence electrons. The maximum absolute atomic E-state index is 14.7. The van der Waals surface area contributed by atoms with Crippen LogP contribution in [0.15, 0.2) is 36.5 Å². The largest absolute Gasteiger partial charge is 0.365 e. The van der Waals surface area contributed by atoms with E-state index in [1.165, 1.54) is 0 Å². The molecule has 1 aliphatic carbocycles. The molecule has 1 saturated carbocycles. The summed E-state index contributed by atoms with van der Waals surface area (Å²) in [5.74, 6) is -0.968. The van der Waals surface area contributed by atoms with E-state index in [1.807, 2.05) is 49.1 Å². The van der Waals surface area contributed by atoms with E-state index in [-0.39, 0.29) is 29.3 Å². The van der Waals surface area contributed by atoms with Crippen LogP contribution >= 0.6 is 0 Å². The van der Waals surface area contributed by atoms with Crippen LogP contribution < -0.4 is 21.7 Å². The van der Waals surface area contributed by atoms with Gasteiger partial charge in [0.05, 0.1) is 5.56 Å². The highest BCUT2D eigenvalue weighted by Crippen LogP contribution is 2.28. The van der Waals surface area contributed by atoms with E-state index >= 15 is 0 Å². The molecule has 1 aromatic carbocycles. The third-order valence-corrected chi connectivity index (χ3v) is 5.85. The number of nitrogens with zero attached hydrogens (tertiary/aromatic N) is 2. The van der Waals surface area contributed by atoms with Crippen LogP contribution in [0, 0.1) is 5.82 Å². The minimum Gasteiger partial charge on any atom is -0.365 e. The van der Waals surface area contributed by atoms with Crippen molar-refractivity contribution in [2.45, 2.75) is 37.8 Å². The molecule has 5 N–H and O–H groups in total. The number of nitrogens with one attached hydrogen (secondary N) is 3. The molecule has 0 saturated heterocycles. The predicted molar refractivity (Wildman–Crippen MR) is 118 cm³/mol. The van der Waals surface area contributed by atoms with E-state index < -0.39 is 11.7 Å². The van der Waals surface area contributed by atoms with Gasteiger partial charge in [-0.15, -0.1) is 0 Å². The number of fused-ring (bicyclic) bond motifs is 1. The van der Waals surface area contributed by atoms with Gasteiger partial charge in [-0.1, -0.05) is 12.8 Å². The van der Waals surface area contributed by atoms with Gasteiger partial charge in [0.2, 0.25) is 0 Å². The summed E-state index contributed by atoms with van der Waals surface area (Å²) in [6.45, 7) is 0. The monoisotopic (exact) mass is 410 g/mol. The number of anilines is 3. The zero-order valence-electron chi connectivity index (χ0n) is 17.2. The molecular weight excluding hydrogens is 383 g/mol. The lowest BCUT2D eigenvalue weighted by Crippen LogP contribution is -2.45. The first-order valence-electron chi connectivity index (χ1n) is 10.2. The molecule has 2 aromatic heterocycles. The average Bonchev–Trinajstić information content (AvgIpc) is 3.10. The topological polar surface area (TPSA) is 97.0 Å². The number of primary amides is 1. The number of amides is 1. The van der Waals surface area contributed by atoms with E-state index in [9.17, 15) is 9.18 Å². The molecule has 7 nitrogen and oxygen atoms in total. The molecule has 8 heteroatoms. The molecule has 0 bridgehead atoms. The van der Waals surface area contributed by atoms with E-state index in [0.717, 1.165) is 48.3 Å². The first-order valence-corrected chi connectivity index (χ1v) is 10.2. The number of carbonyl (C=O) groups excluding carboxylic acids is 1. The van der Waals surface area contributed by atoms with Gasteiger partial charge in [0, 0.05) is 41.9 Å². The van der Waals surface area contributed by atoms with Crippen molar-refractivity contribution < 1.29 is 9.18 Å². The smallest absolute Gasteiger partial charge is 0.252 e. The Morgan fingerprint density at radius 2 is 1.93 bits per heavy atom. The van der Waals surface area contributed by atoms with Crippen molar-refractivity contribution in [1.29, 1.82) is 0 Å². The van der Waals surface area contributed by atoms with Crippen LogP contribution in [-0.4, -0.2) is 34.6 Å². The van der Waals surface area contributed by atoms with Crippen LogP contribution in [0.2, 0.25) is 0 Å². The quantitative estimate of drug-likeness (QED) is 0.499. The second-order valence-electron chi connectivity index (χ2n) is 7.83. The van der Waals surface area contributed by atoms with Gasteiger partial charge in [0.25, 0.3) is 5.91 Å². The molecule has 4 rings (SSSR count). The number of pyridine rings is 1. The number of benzene rings is 1. The number of likely N-dealkylation sites (N-methyl/N-ethyl adjacent to an activating group) is 1. The maximum Gasteiger partial charge on any atom is 0.252 e. The number of rotatable bonds is 6. The Bertz CT molecular complexity index is 1080. The van der Waals surface area contributed by atoms with Gasteiger partial charge in [-0.2, -0.15) is 0 Å². The van der Waals surface area contributed by atoms with Gasteiger partial charge >= 0.3 is 0 Å². The Morgan fingerprint density at radius 1 is 1.17 bits per heavy atom. The van der Waals surface area contributed by atoms with Crippen molar-refractivity contribution in [3.63, 3.8) is 0 Å². The number of hydrogen-bond donors (Lipinski definition) is 4. The zero-order chi connectivity index (χ0) is 21.3. The second-order valence-corrected chi connectivity index (χ2v) is 7.83. The van der Waals surface area contributed by atoms with Crippen LogP contribution in [0.25, 0.3) is 10.9 Å².